The summed E-state index contributed by atoms with van der Waals surface area (Å²) in [6, 6.07) is 0. The molecule has 2 heteroatoms. The Kier molecular flexibility index (Phi) is 11.3. The molecule has 0 saturated carbocycles. The van der Waals surface area contributed by atoms with E-state index in [4.69, 9.17) is 0 Å². The molecule has 0 aliphatic carbocycles. The first-order chi connectivity index (χ1) is 9.20. The second-order valence-electron chi connectivity index (χ2n) is 4.26. The Morgan fingerprint density at radius 3 is 2.79 bits per heavy atom. The first-order valence-corrected chi connectivity index (χ1v) is 6.71. The molecule has 0 fully saturated rings. The van der Waals surface area contributed by atoms with Crippen LogP contribution in [0.3, 0.4) is 0 Å². The number of allylic oxidation sites excluding steroid dienone is 3. The zero-order valence-electron chi connectivity index (χ0n) is 12.1. The number of unbranched alkanes of at least 4 members (excludes halogenated alkanes) is 1. The summed E-state index contributed by atoms with van der Waals surface area (Å²) in [5.41, 5.74) is 0. The molecule has 1 atom stereocenters. The molecule has 1 amide bonds. The van der Waals surface area contributed by atoms with E-state index >= 15 is 0 Å². The van der Waals surface area contributed by atoms with Crippen molar-refractivity contribution < 1.29 is 4.79 Å². The highest BCUT2D eigenvalue weighted by molar-refractivity contribution is 5.87. The maximum absolute atomic E-state index is 11.4. The minimum atomic E-state index is -0.0389. The number of rotatable bonds is 7. The van der Waals surface area contributed by atoms with Gasteiger partial charge < -0.3 is 5.32 Å². The first-order valence-electron chi connectivity index (χ1n) is 6.71. The van der Waals surface area contributed by atoms with Crippen LogP contribution in [-0.4, -0.2) is 12.5 Å². The van der Waals surface area contributed by atoms with Crippen LogP contribution in [0.15, 0.2) is 24.3 Å². The summed E-state index contributed by atoms with van der Waals surface area (Å²) >= 11 is 0. The maximum Gasteiger partial charge on any atom is 0.243 e. The topological polar surface area (TPSA) is 29.1 Å². The van der Waals surface area contributed by atoms with E-state index in [-0.39, 0.29) is 5.91 Å². The smallest absolute Gasteiger partial charge is 0.243 e. The highest BCUT2D eigenvalue weighted by Gasteiger charge is 1.99. The predicted octanol–water partition coefficient (Wildman–Crippen LogP) is 3.07. The molecule has 0 saturated heterocycles. The van der Waals surface area contributed by atoms with E-state index < -0.39 is 0 Å². The zero-order valence-corrected chi connectivity index (χ0v) is 12.1. The lowest BCUT2D eigenvalue weighted by atomic mass is 10.1. The molecule has 19 heavy (non-hydrogen) atoms. The number of carbonyl (C=O) groups excluding carboxylic acids is 1. The van der Waals surface area contributed by atoms with Crippen molar-refractivity contribution in [1.82, 2.24) is 5.32 Å². The Bertz CT molecular complexity index is 424. The average molecular weight is 257 g/mol. The zero-order chi connectivity index (χ0) is 14.3. The fourth-order valence-electron chi connectivity index (χ4n) is 1.12. The Hall–Kier alpha value is -1.93. The molecule has 0 heterocycles. The Balaban J connectivity index is 3.74. The van der Waals surface area contributed by atoms with Crippen LogP contribution in [0.4, 0.5) is 0 Å². The predicted molar refractivity (Wildman–Crippen MR) is 81.2 cm³/mol. The molecule has 0 bridgehead atoms. The lowest BCUT2D eigenvalue weighted by Gasteiger charge is -2.07. The summed E-state index contributed by atoms with van der Waals surface area (Å²) in [5.74, 6) is 11.6. The van der Waals surface area contributed by atoms with Crippen LogP contribution in [-0.2, 0) is 4.79 Å². The third-order valence-electron chi connectivity index (χ3n) is 2.53. The van der Waals surface area contributed by atoms with Crippen molar-refractivity contribution in [1.29, 1.82) is 0 Å². The van der Waals surface area contributed by atoms with Gasteiger partial charge in [-0.1, -0.05) is 50.3 Å². The normalized spacial score (nSPS) is 11.5. The van der Waals surface area contributed by atoms with Crippen LogP contribution < -0.4 is 5.32 Å². The molecule has 102 valence electrons. The van der Waals surface area contributed by atoms with Gasteiger partial charge in [0.15, 0.2) is 0 Å². The van der Waals surface area contributed by atoms with Crippen LogP contribution in [0.2, 0.25) is 0 Å². The van der Waals surface area contributed by atoms with Gasteiger partial charge in [-0.3, -0.25) is 4.79 Å². The summed E-state index contributed by atoms with van der Waals surface area (Å²) in [7, 11) is 0. The van der Waals surface area contributed by atoms with Gasteiger partial charge in [0.25, 0.3) is 0 Å². The lowest BCUT2D eigenvalue weighted by Crippen LogP contribution is -2.26. The van der Waals surface area contributed by atoms with Crippen molar-refractivity contribution in [3.8, 4) is 23.7 Å². The number of hydrogen-bond donors (Lipinski definition) is 1. The molecule has 0 radical (unpaired) electrons. The maximum atomic E-state index is 11.4. The summed E-state index contributed by atoms with van der Waals surface area (Å²) in [4.78, 5) is 11.4. The molecule has 0 aliphatic heterocycles. The van der Waals surface area contributed by atoms with Crippen LogP contribution in [0.1, 0.15) is 40.0 Å². The van der Waals surface area contributed by atoms with Crippen molar-refractivity contribution in [2.75, 3.05) is 6.54 Å². The number of carbonyl (C=O) groups is 1. The van der Waals surface area contributed by atoms with Crippen LogP contribution >= 0.6 is 0 Å². The second kappa shape index (κ2) is 12.5. The van der Waals surface area contributed by atoms with Gasteiger partial charge in [-0.15, -0.1) is 0 Å². The van der Waals surface area contributed by atoms with Gasteiger partial charge in [-0.25, -0.2) is 0 Å². The number of nitrogens with one attached hydrogen (secondary N) is 1. The van der Waals surface area contributed by atoms with Crippen LogP contribution in [0.25, 0.3) is 0 Å². The highest BCUT2D eigenvalue weighted by Crippen LogP contribution is 1.97. The van der Waals surface area contributed by atoms with Crippen molar-refractivity contribution >= 4 is 5.91 Å². The van der Waals surface area contributed by atoms with Gasteiger partial charge in [0.1, 0.15) is 0 Å². The van der Waals surface area contributed by atoms with E-state index in [2.05, 4.69) is 42.8 Å². The molecule has 0 aromatic rings. The molecule has 1 N–H and O–H groups in total. The van der Waals surface area contributed by atoms with Crippen molar-refractivity contribution in [3.05, 3.63) is 24.3 Å². The second-order valence-corrected chi connectivity index (χ2v) is 4.26. The standard InChI is InChI=1S/C17H23NO/c1-4-6-7-8-9-10-11-12-13-14-17(19)18-15-16(3)5-2/h11-14,16H,5,9-10,15H2,1-3H3,(H,18,19)/b12-11-,14-13+/t16-/m0/s1. The molecule has 0 aliphatic rings. The summed E-state index contributed by atoms with van der Waals surface area (Å²) < 4.78 is 0. The van der Waals surface area contributed by atoms with Gasteiger partial charge in [-0.2, -0.15) is 0 Å². The van der Waals surface area contributed by atoms with E-state index in [1.165, 1.54) is 0 Å². The largest absolute Gasteiger partial charge is 0.352 e. The van der Waals surface area contributed by atoms with E-state index in [0.717, 1.165) is 25.8 Å². The van der Waals surface area contributed by atoms with E-state index in [9.17, 15) is 4.79 Å². The SMILES string of the molecule is CC#CC#CCC/C=C\C=C\C(=O)NC[C@@H](C)CC. The molecule has 2 nitrogen and oxygen atoms in total. The van der Waals surface area contributed by atoms with Crippen molar-refractivity contribution in [3.63, 3.8) is 0 Å². The third kappa shape index (κ3) is 12.3. The molecule has 0 spiro atoms. The van der Waals surface area contributed by atoms with Gasteiger partial charge in [0, 0.05) is 19.0 Å². The summed E-state index contributed by atoms with van der Waals surface area (Å²) in [6.07, 6.45) is 9.91. The van der Waals surface area contributed by atoms with Crippen LogP contribution in [0, 0.1) is 29.6 Å². The quantitative estimate of drug-likeness (QED) is 0.323. The summed E-state index contributed by atoms with van der Waals surface area (Å²) in [5, 5.41) is 2.86. The fraction of sp³-hybridized carbons (Fsp3) is 0.471. The first kappa shape index (κ1) is 17.1. The van der Waals surface area contributed by atoms with Gasteiger partial charge in [0.2, 0.25) is 5.91 Å². The molecular weight excluding hydrogens is 234 g/mol. The van der Waals surface area contributed by atoms with Crippen molar-refractivity contribution in [2.45, 2.75) is 40.0 Å². The lowest BCUT2D eigenvalue weighted by molar-refractivity contribution is -0.116. The molecule has 0 aromatic heterocycles. The van der Waals surface area contributed by atoms with E-state index in [1.54, 1.807) is 19.1 Å². The van der Waals surface area contributed by atoms with Crippen molar-refractivity contribution in [2.24, 2.45) is 5.92 Å². The van der Waals surface area contributed by atoms with E-state index in [0.29, 0.717) is 5.92 Å². The summed E-state index contributed by atoms with van der Waals surface area (Å²) in [6.45, 7) is 6.74. The molecule has 0 unspecified atom stereocenters. The Morgan fingerprint density at radius 2 is 2.11 bits per heavy atom. The Morgan fingerprint density at radius 1 is 1.32 bits per heavy atom. The molecular formula is C17H23NO. The minimum absolute atomic E-state index is 0.0389. The van der Waals surface area contributed by atoms with Gasteiger partial charge >= 0.3 is 0 Å². The number of hydrogen-bond acceptors (Lipinski definition) is 1. The molecule has 0 aromatic carbocycles. The van der Waals surface area contributed by atoms with Crippen LogP contribution in [0.5, 0.6) is 0 Å². The number of amides is 1. The average Bonchev–Trinajstić information content (AvgIpc) is 2.42. The minimum Gasteiger partial charge on any atom is -0.352 e. The fourth-order valence-corrected chi connectivity index (χ4v) is 1.12. The highest BCUT2D eigenvalue weighted by atomic mass is 16.1. The van der Waals surface area contributed by atoms with Gasteiger partial charge in [0.05, 0.1) is 0 Å². The molecule has 0 rings (SSSR count). The van der Waals surface area contributed by atoms with E-state index in [1.807, 2.05) is 12.2 Å². The third-order valence-corrected chi connectivity index (χ3v) is 2.53. The Labute approximate surface area is 117 Å². The monoisotopic (exact) mass is 257 g/mol. The van der Waals surface area contributed by atoms with Gasteiger partial charge in [-0.05, 0) is 31.1 Å².